The maximum absolute atomic E-state index is 13.2. The van der Waals surface area contributed by atoms with Crippen molar-refractivity contribution in [3.05, 3.63) is 35.8 Å². The molecule has 1 heterocycles. The molecule has 15 heavy (non-hydrogen) atoms. The van der Waals surface area contributed by atoms with Gasteiger partial charge in [0.15, 0.2) is 0 Å². The molecule has 1 aromatic heterocycles. The van der Waals surface area contributed by atoms with Crippen molar-refractivity contribution < 1.29 is 13.9 Å². The molecule has 1 aliphatic carbocycles. The first kappa shape index (κ1) is 8.92. The van der Waals surface area contributed by atoms with Crippen molar-refractivity contribution in [2.24, 2.45) is 0 Å². The van der Waals surface area contributed by atoms with Crippen LogP contribution in [0.4, 0.5) is 4.39 Å². The van der Waals surface area contributed by atoms with Crippen LogP contribution in [0.5, 0.6) is 0 Å². The van der Waals surface area contributed by atoms with Gasteiger partial charge in [0.25, 0.3) is 0 Å². The molecule has 0 amide bonds. The van der Waals surface area contributed by atoms with Gasteiger partial charge in [-0.05, 0) is 31.0 Å². The van der Waals surface area contributed by atoms with Gasteiger partial charge < -0.3 is 9.52 Å². The molecule has 1 N–H and O–H groups in total. The molecule has 0 atom stereocenters. The van der Waals surface area contributed by atoms with Gasteiger partial charge in [-0.15, -0.1) is 0 Å². The zero-order valence-electron chi connectivity index (χ0n) is 8.16. The van der Waals surface area contributed by atoms with Crippen LogP contribution in [0.1, 0.15) is 18.4 Å². The Labute approximate surface area is 86.3 Å². The van der Waals surface area contributed by atoms with Crippen LogP contribution in [0.15, 0.2) is 28.9 Å². The molecule has 3 rings (SSSR count). The van der Waals surface area contributed by atoms with E-state index in [2.05, 4.69) is 0 Å². The van der Waals surface area contributed by atoms with Gasteiger partial charge in [-0.1, -0.05) is 0 Å². The Morgan fingerprint density at radius 2 is 2.20 bits per heavy atom. The molecule has 1 saturated carbocycles. The molecule has 0 spiro atoms. The van der Waals surface area contributed by atoms with E-state index in [1.807, 2.05) is 0 Å². The number of aliphatic hydroxyl groups is 1. The summed E-state index contributed by atoms with van der Waals surface area (Å²) in [5.41, 5.74) is 0.833. The van der Waals surface area contributed by atoms with E-state index in [0.717, 1.165) is 23.8 Å². The third-order valence-corrected chi connectivity index (χ3v) is 2.94. The number of rotatable bonds is 2. The second kappa shape index (κ2) is 2.83. The van der Waals surface area contributed by atoms with Gasteiger partial charge in [0.05, 0.1) is 11.9 Å². The number of furan rings is 1. The number of hydrogen-bond donors (Lipinski definition) is 1. The highest BCUT2D eigenvalue weighted by atomic mass is 19.1. The summed E-state index contributed by atoms with van der Waals surface area (Å²) in [4.78, 5) is 0. The predicted octanol–water partition coefficient (Wildman–Crippen LogP) is 2.64. The number of halogens is 1. The van der Waals surface area contributed by atoms with E-state index >= 15 is 0 Å². The molecule has 1 aliphatic rings. The first-order valence-electron chi connectivity index (χ1n) is 5.04. The van der Waals surface area contributed by atoms with Crippen LogP contribution in [-0.4, -0.2) is 10.7 Å². The molecule has 0 saturated heterocycles. The van der Waals surface area contributed by atoms with E-state index in [1.165, 1.54) is 12.1 Å². The fourth-order valence-electron chi connectivity index (χ4n) is 1.92. The fourth-order valence-corrected chi connectivity index (χ4v) is 1.92. The Balaban J connectivity index is 2.11. The Morgan fingerprint density at radius 1 is 1.40 bits per heavy atom. The lowest BCUT2D eigenvalue weighted by molar-refractivity contribution is 0.151. The van der Waals surface area contributed by atoms with Crippen molar-refractivity contribution in [3.63, 3.8) is 0 Å². The minimum absolute atomic E-state index is 0.275. The first-order chi connectivity index (χ1) is 7.16. The summed E-state index contributed by atoms with van der Waals surface area (Å²) in [5.74, 6) is -0.275. The smallest absolute Gasteiger partial charge is 0.137 e. The number of hydrogen-bond acceptors (Lipinski definition) is 2. The van der Waals surface area contributed by atoms with Crippen molar-refractivity contribution in [2.75, 3.05) is 0 Å². The maximum atomic E-state index is 13.2. The Bertz CT molecular complexity index is 511. The van der Waals surface area contributed by atoms with E-state index in [4.69, 9.17) is 4.42 Å². The highest BCUT2D eigenvalue weighted by molar-refractivity contribution is 5.80. The topological polar surface area (TPSA) is 33.4 Å². The van der Waals surface area contributed by atoms with Gasteiger partial charge in [0.2, 0.25) is 0 Å². The summed E-state index contributed by atoms with van der Waals surface area (Å²) >= 11 is 0. The van der Waals surface area contributed by atoms with Gasteiger partial charge in [0, 0.05) is 17.4 Å². The molecule has 0 bridgehead atoms. The minimum Gasteiger partial charge on any atom is -0.464 e. The molecule has 2 aromatic rings. The molecule has 1 fully saturated rings. The van der Waals surface area contributed by atoms with Crippen molar-refractivity contribution in [3.8, 4) is 0 Å². The Kier molecular flexibility index (Phi) is 1.68. The van der Waals surface area contributed by atoms with E-state index in [1.54, 1.807) is 12.3 Å². The molecular formula is C12H11FO2. The maximum Gasteiger partial charge on any atom is 0.137 e. The first-order valence-corrected chi connectivity index (χ1v) is 5.04. The SMILES string of the molecule is OC1(Cc2cc(F)cc3ccoc23)CC1. The highest BCUT2D eigenvalue weighted by Gasteiger charge is 2.40. The molecular weight excluding hydrogens is 195 g/mol. The van der Waals surface area contributed by atoms with E-state index < -0.39 is 5.60 Å². The largest absolute Gasteiger partial charge is 0.464 e. The summed E-state index contributed by atoms with van der Waals surface area (Å²) in [7, 11) is 0. The summed E-state index contributed by atoms with van der Waals surface area (Å²) in [5, 5.41) is 10.6. The highest BCUT2D eigenvalue weighted by Crippen LogP contribution is 2.39. The second-order valence-electron chi connectivity index (χ2n) is 4.30. The van der Waals surface area contributed by atoms with Gasteiger partial charge in [-0.3, -0.25) is 0 Å². The average molecular weight is 206 g/mol. The van der Waals surface area contributed by atoms with E-state index in [-0.39, 0.29) is 5.82 Å². The minimum atomic E-state index is -0.618. The number of fused-ring (bicyclic) bond motifs is 1. The van der Waals surface area contributed by atoms with Gasteiger partial charge in [-0.2, -0.15) is 0 Å². The van der Waals surface area contributed by atoms with E-state index in [0.29, 0.717) is 12.0 Å². The van der Waals surface area contributed by atoms with Gasteiger partial charge in [-0.25, -0.2) is 4.39 Å². The third-order valence-electron chi connectivity index (χ3n) is 2.94. The monoisotopic (exact) mass is 206 g/mol. The van der Waals surface area contributed by atoms with Crippen LogP contribution in [0, 0.1) is 5.82 Å². The van der Waals surface area contributed by atoms with Gasteiger partial charge >= 0.3 is 0 Å². The van der Waals surface area contributed by atoms with Gasteiger partial charge in [0.1, 0.15) is 11.4 Å². The fraction of sp³-hybridized carbons (Fsp3) is 0.333. The Hall–Kier alpha value is -1.35. The Morgan fingerprint density at radius 3 is 2.93 bits per heavy atom. The van der Waals surface area contributed by atoms with E-state index in [9.17, 15) is 9.50 Å². The normalized spacial score (nSPS) is 18.3. The summed E-state index contributed by atoms with van der Waals surface area (Å²) in [6, 6.07) is 4.63. The lowest BCUT2D eigenvalue weighted by Gasteiger charge is -2.07. The van der Waals surface area contributed by atoms with Crippen molar-refractivity contribution in [1.82, 2.24) is 0 Å². The summed E-state index contributed by atoms with van der Waals surface area (Å²) in [6.45, 7) is 0. The molecule has 0 radical (unpaired) electrons. The standard InChI is InChI=1S/C12H11FO2/c13-10-5-8-1-4-15-11(8)9(6-10)7-12(14)2-3-12/h1,4-6,14H,2-3,7H2. The molecule has 78 valence electrons. The van der Waals surface area contributed by atoms with Crippen LogP contribution in [0.2, 0.25) is 0 Å². The quantitative estimate of drug-likeness (QED) is 0.819. The molecule has 0 aliphatic heterocycles. The molecule has 0 unspecified atom stereocenters. The summed E-state index contributed by atoms with van der Waals surface area (Å²) in [6.07, 6.45) is 3.62. The molecule has 2 nitrogen and oxygen atoms in total. The molecule has 1 aromatic carbocycles. The summed E-state index contributed by atoms with van der Waals surface area (Å²) < 4.78 is 18.5. The number of benzene rings is 1. The van der Waals surface area contributed by atoms with Crippen LogP contribution in [-0.2, 0) is 6.42 Å². The lowest BCUT2D eigenvalue weighted by atomic mass is 10.0. The average Bonchev–Trinajstić information content (AvgIpc) is 2.73. The molecule has 3 heteroatoms. The van der Waals surface area contributed by atoms with Crippen molar-refractivity contribution in [1.29, 1.82) is 0 Å². The lowest BCUT2D eigenvalue weighted by Crippen LogP contribution is -2.10. The van der Waals surface area contributed by atoms with Crippen LogP contribution in [0.25, 0.3) is 11.0 Å². The zero-order valence-corrected chi connectivity index (χ0v) is 8.16. The van der Waals surface area contributed by atoms with Crippen molar-refractivity contribution >= 4 is 11.0 Å². The van der Waals surface area contributed by atoms with Crippen LogP contribution in [0.3, 0.4) is 0 Å². The van der Waals surface area contributed by atoms with Crippen LogP contribution < -0.4 is 0 Å². The zero-order chi connectivity index (χ0) is 10.5. The third kappa shape index (κ3) is 1.53. The van der Waals surface area contributed by atoms with Crippen molar-refractivity contribution in [2.45, 2.75) is 24.9 Å². The second-order valence-corrected chi connectivity index (χ2v) is 4.30. The van der Waals surface area contributed by atoms with Crippen LogP contribution >= 0.6 is 0 Å². The predicted molar refractivity (Wildman–Crippen MR) is 54.1 cm³/mol.